The maximum Gasteiger partial charge on any atom is 0.488 e. The lowest BCUT2D eigenvalue weighted by molar-refractivity contribution is -0.0944. The number of aromatic nitrogens is 4. The van der Waals surface area contributed by atoms with Gasteiger partial charge in [0.05, 0.1) is 39.4 Å². The van der Waals surface area contributed by atoms with Gasteiger partial charge in [0, 0.05) is 36.4 Å². The minimum atomic E-state index is -3.97. The van der Waals surface area contributed by atoms with Gasteiger partial charge in [-0.15, -0.1) is 0 Å². The SMILES string of the molecule is [B][P+](OCCC#N)(OC[C@H]1O[C@@H](n2cc(C)c(=O)[nH]c2=O)C[C@@H]1O[Si](C)(C)C(C)(C)C)O[C@H]1C[C@H](n2cc(C)c(=O)[nH]c2=O)O[C@@H]1COC(c1ccccc1)(c1ccc(OC)cc1)c1ccc(OC)cc1. The number of nitrogens with one attached hydrogen (secondary N) is 2. The highest BCUT2D eigenvalue weighted by molar-refractivity contribution is 7.85. The van der Waals surface area contributed by atoms with Crippen LogP contribution in [-0.4, -0.2) is 93.4 Å². The first-order chi connectivity index (χ1) is 33.7. The molecule has 2 radical (unpaired) electrons. The smallest absolute Gasteiger partial charge is 0.488 e. The van der Waals surface area contributed by atoms with Gasteiger partial charge in [-0.1, -0.05) is 75.4 Å². The fraction of sp³-hybridized carbons (Fsp3) is 0.460. The Morgan fingerprint density at radius 1 is 0.732 bits per heavy atom. The molecule has 0 spiro atoms. The summed E-state index contributed by atoms with van der Waals surface area (Å²) >= 11 is 0. The van der Waals surface area contributed by atoms with Crippen LogP contribution in [0.2, 0.25) is 18.1 Å². The predicted octanol–water partition coefficient (Wildman–Crippen LogP) is 6.87. The van der Waals surface area contributed by atoms with Crippen molar-refractivity contribution in [2.45, 2.75) is 114 Å². The molecular weight excluding hydrogens is 948 g/mol. The number of ether oxygens (including phenoxy) is 5. The Morgan fingerprint density at radius 2 is 1.21 bits per heavy atom. The molecule has 0 aliphatic carbocycles. The molecule has 0 amide bonds. The molecule has 3 aromatic carbocycles. The molecule has 2 aliphatic heterocycles. The Morgan fingerprint density at radius 3 is 1.69 bits per heavy atom. The zero-order valence-electron chi connectivity index (χ0n) is 41.5. The molecular formula is C50H62BN5O13PSi+. The van der Waals surface area contributed by atoms with Crippen LogP contribution < -0.4 is 32.0 Å². The second-order valence-corrected chi connectivity index (χ2v) is 25.7. The first kappa shape index (κ1) is 53.3. The molecule has 18 nitrogen and oxygen atoms in total. The predicted molar refractivity (Wildman–Crippen MR) is 269 cm³/mol. The van der Waals surface area contributed by atoms with Crippen LogP contribution in [0.5, 0.6) is 11.5 Å². The summed E-state index contributed by atoms with van der Waals surface area (Å²) in [4.78, 5) is 56.1. The molecule has 1 unspecified atom stereocenters. The average molecular weight is 1010 g/mol. The summed E-state index contributed by atoms with van der Waals surface area (Å²) in [6.07, 6.45) is -2.10. The Bertz CT molecular complexity index is 2860. The van der Waals surface area contributed by atoms with Crippen molar-refractivity contribution < 1.29 is 41.7 Å². The maximum atomic E-state index is 13.4. The quantitative estimate of drug-likeness (QED) is 0.0352. The Balaban J connectivity index is 1.26. The standard InChI is InChI=1S/C50H62BN5O13PSi/c1-32-28-55(47(59)53-45(32)57)43-26-39(41(66-43)30-63-50(34-14-11-10-12-15-34,35-16-20-37(61-6)21-17-35)36-18-22-38(62-7)23-19-36)68-70(51,64-25-13-24-52)65-31-42-40(69-71(8,9)49(3,4)5)27-44(67-42)56-29-33(2)46(58)54-48(56)60/h10-12,14-23,28-29,39-44H,13,25-27,30-31H2,1-9H3,(H,53,57,59)(H,54,58,60)/q+1/t39-,40-,41+,42+,43+,44+,70?/m0/s1. The molecule has 4 heterocycles. The zero-order valence-corrected chi connectivity index (χ0v) is 43.4. The summed E-state index contributed by atoms with van der Waals surface area (Å²) < 4.78 is 60.6. The van der Waals surface area contributed by atoms with Crippen molar-refractivity contribution in [3.63, 3.8) is 0 Å². The van der Waals surface area contributed by atoms with E-state index in [0.29, 0.717) is 17.1 Å². The van der Waals surface area contributed by atoms with E-state index in [-0.39, 0.29) is 49.7 Å². The van der Waals surface area contributed by atoms with Crippen molar-refractivity contribution in [3.05, 3.63) is 161 Å². The molecule has 2 fully saturated rings. The minimum absolute atomic E-state index is 0.0142. The Hall–Kier alpha value is -5.46. The summed E-state index contributed by atoms with van der Waals surface area (Å²) in [5, 5.41) is 9.38. The van der Waals surface area contributed by atoms with Crippen LogP contribution in [0.3, 0.4) is 0 Å². The number of hydrogen-bond donors (Lipinski definition) is 2. The molecule has 2 aromatic heterocycles. The number of nitrogens with zero attached hydrogens (tertiary/aromatic N) is 3. The third-order valence-electron chi connectivity index (χ3n) is 13.3. The number of rotatable bonds is 20. The van der Waals surface area contributed by atoms with Gasteiger partial charge in [-0.2, -0.15) is 18.8 Å². The third kappa shape index (κ3) is 11.9. The van der Waals surface area contributed by atoms with E-state index in [1.54, 1.807) is 28.1 Å². The summed E-state index contributed by atoms with van der Waals surface area (Å²) in [6, 6.07) is 26.8. The van der Waals surface area contributed by atoms with Crippen molar-refractivity contribution in [1.29, 1.82) is 5.26 Å². The van der Waals surface area contributed by atoms with E-state index in [4.69, 9.17) is 49.2 Å². The van der Waals surface area contributed by atoms with Crippen LogP contribution in [0.4, 0.5) is 0 Å². The number of aromatic amines is 2. The van der Waals surface area contributed by atoms with E-state index < -0.39 is 81.1 Å². The van der Waals surface area contributed by atoms with Gasteiger partial charge in [0.1, 0.15) is 61.1 Å². The van der Waals surface area contributed by atoms with Gasteiger partial charge < -0.3 is 28.1 Å². The van der Waals surface area contributed by atoms with E-state index in [1.165, 1.54) is 21.5 Å². The molecule has 7 atom stereocenters. The first-order valence-corrected chi connectivity index (χ1v) is 27.9. The molecule has 2 N–H and O–H groups in total. The molecule has 5 aromatic rings. The van der Waals surface area contributed by atoms with Crippen LogP contribution in [0.1, 0.15) is 80.3 Å². The van der Waals surface area contributed by atoms with E-state index in [0.717, 1.165) is 16.7 Å². The number of methoxy groups -OCH3 is 2. The van der Waals surface area contributed by atoms with Crippen molar-refractivity contribution >= 4 is 23.7 Å². The topological polar surface area (TPSA) is 217 Å². The largest absolute Gasteiger partial charge is 0.497 e. The lowest BCUT2D eigenvalue weighted by Crippen LogP contribution is -2.46. The number of aryl methyl sites for hydroxylation is 2. The number of benzene rings is 3. The molecule has 7 rings (SSSR count). The van der Waals surface area contributed by atoms with Crippen molar-refractivity contribution in [3.8, 4) is 17.6 Å². The highest BCUT2D eigenvalue weighted by atomic mass is 31.2. The Kier molecular flexibility index (Phi) is 16.6. The third-order valence-corrected chi connectivity index (χ3v) is 19.5. The second-order valence-electron chi connectivity index (χ2n) is 19.1. The van der Waals surface area contributed by atoms with Gasteiger partial charge >= 0.3 is 26.8 Å². The first-order valence-electron chi connectivity index (χ1n) is 23.3. The molecule has 0 bridgehead atoms. The van der Waals surface area contributed by atoms with Crippen molar-refractivity contribution in [2.75, 3.05) is 34.0 Å². The zero-order chi connectivity index (χ0) is 51.3. The highest BCUT2D eigenvalue weighted by Crippen LogP contribution is 2.61. The van der Waals surface area contributed by atoms with Gasteiger partial charge in [-0.05, 0) is 72.9 Å². The van der Waals surface area contributed by atoms with E-state index in [9.17, 15) is 24.4 Å². The molecule has 21 heteroatoms. The molecule has 376 valence electrons. The number of hydrogen-bond acceptors (Lipinski definition) is 14. The monoisotopic (exact) mass is 1010 g/mol. The van der Waals surface area contributed by atoms with Crippen LogP contribution in [-0.2, 0) is 37.8 Å². The van der Waals surface area contributed by atoms with Gasteiger partial charge in [0.25, 0.3) is 11.1 Å². The summed E-state index contributed by atoms with van der Waals surface area (Å²) in [5.74, 6) is 1.28. The van der Waals surface area contributed by atoms with Gasteiger partial charge in [0.2, 0.25) is 0 Å². The van der Waals surface area contributed by atoms with Crippen LogP contribution in [0.15, 0.2) is 110 Å². The van der Waals surface area contributed by atoms with Crippen molar-refractivity contribution in [1.82, 2.24) is 19.1 Å². The molecule has 0 saturated carbocycles. The highest BCUT2D eigenvalue weighted by Gasteiger charge is 2.52. The van der Waals surface area contributed by atoms with Crippen LogP contribution in [0.25, 0.3) is 0 Å². The Labute approximate surface area is 415 Å². The number of nitriles is 1. The fourth-order valence-electron chi connectivity index (χ4n) is 8.40. The summed E-state index contributed by atoms with van der Waals surface area (Å²) in [7, 11) is 3.83. The summed E-state index contributed by atoms with van der Waals surface area (Å²) in [6.45, 7) is 13.2. The van der Waals surface area contributed by atoms with E-state index >= 15 is 0 Å². The molecule has 2 aliphatic rings. The fourth-order valence-corrected chi connectivity index (χ4v) is 11.3. The van der Waals surface area contributed by atoms with E-state index in [2.05, 4.69) is 49.9 Å². The normalized spacial score (nSPS) is 21.4. The van der Waals surface area contributed by atoms with Gasteiger partial charge in [-0.25, -0.2) is 9.59 Å². The molecule has 71 heavy (non-hydrogen) atoms. The van der Waals surface area contributed by atoms with Gasteiger partial charge in [0.15, 0.2) is 8.32 Å². The van der Waals surface area contributed by atoms with Crippen LogP contribution in [0, 0.1) is 25.2 Å². The number of H-pyrrole nitrogens is 2. The van der Waals surface area contributed by atoms with Gasteiger partial charge in [-0.3, -0.25) is 28.7 Å². The lowest BCUT2D eigenvalue weighted by atomic mass is 9.80. The minimum Gasteiger partial charge on any atom is -0.497 e. The second kappa shape index (κ2) is 22.1. The van der Waals surface area contributed by atoms with E-state index in [1.807, 2.05) is 78.9 Å². The maximum absolute atomic E-state index is 13.4. The van der Waals surface area contributed by atoms with Crippen LogP contribution >= 0.6 is 7.82 Å². The summed E-state index contributed by atoms with van der Waals surface area (Å²) in [5.41, 5.74) is -0.782. The molecule has 2 saturated heterocycles. The van der Waals surface area contributed by atoms with Crippen molar-refractivity contribution in [2.24, 2.45) is 0 Å². The lowest BCUT2D eigenvalue weighted by Gasteiger charge is -2.39. The average Bonchev–Trinajstić information content (AvgIpc) is 3.93.